The molecule has 1 spiro atoms. The van der Waals surface area contributed by atoms with Gasteiger partial charge in [-0.3, -0.25) is 43.3 Å². The zero-order valence-corrected chi connectivity index (χ0v) is 73.9. The maximum Gasteiger partial charge on any atom is 0.252 e. The van der Waals surface area contributed by atoms with E-state index in [0.29, 0.717) is 204 Å². The van der Waals surface area contributed by atoms with Crippen LogP contribution in [0.1, 0.15) is 156 Å². The summed E-state index contributed by atoms with van der Waals surface area (Å²) < 4.78 is 96.5. The van der Waals surface area contributed by atoms with E-state index in [1.807, 2.05) is 60.4 Å². The molecule has 4 aromatic rings. The first-order chi connectivity index (χ1) is 62.4. The number of unbranched alkanes of at least 4 members (excludes halogenated alkanes) is 1. The molecule has 0 radical (unpaired) electrons. The molecule has 0 unspecified atom stereocenters. The summed E-state index contributed by atoms with van der Waals surface area (Å²) in [5.74, 6) is 0.579. The van der Waals surface area contributed by atoms with Gasteiger partial charge in [-0.05, 0) is 93.5 Å². The van der Waals surface area contributed by atoms with Crippen LogP contribution in [0.4, 0.5) is 5.69 Å². The van der Waals surface area contributed by atoms with Crippen molar-refractivity contribution in [3.63, 3.8) is 0 Å². The number of ether oxygens (including phenoxy) is 17. The van der Waals surface area contributed by atoms with E-state index in [4.69, 9.17) is 80.5 Å². The van der Waals surface area contributed by atoms with Gasteiger partial charge in [-0.25, -0.2) is 0 Å². The van der Waals surface area contributed by atoms with Gasteiger partial charge in [-0.15, -0.1) is 0 Å². The lowest BCUT2D eigenvalue weighted by Crippen LogP contribution is -2.56. The lowest BCUT2D eigenvalue weighted by molar-refractivity contribution is -0.247. The third-order valence-corrected chi connectivity index (χ3v) is 24.6. The quantitative estimate of drug-likeness (QED) is 0.0160. The average Bonchev–Trinajstić information content (AvgIpc) is 0.847. The number of rotatable bonds is 53. The standard InChI is InChI=1S/C93H127N7O28/c1-63-88-72(99-32-34-125-62-78(99)128-88)57-79(126-63)127-74-59-93(111,58-69-81(74)87(107)83-82(85(69)105)84(104)68-14-10-16-73(113-3)80(68)86(83)106)91(110)95-29-28-94-90(109)70(60-96-75(101)23-33-114-37-38-116-41-42-118-45-46-120-49-50-122-53-54-124-56-55-123-52-51-121-48-47-119-44-43-117-40-39-115-36-35-112-2)97-89(108)66-21-24-92(25-22-66)26-30-98(31-27-92)76(102)17-8-9-18-77(103)100-61-67-13-5-4-11-64(67)19-20-65-12-6-7-15-71(65)100/h4-7,10-16,63,66,70,72,74,78-79,88,105,107,111H,8-9,17-18,21-62H2,1-3H3,(H,94,109)(H,95,110)(H,96,101)(H,97,108)/t63-,70-,72-,74-,78+,79-,88+,93-/m0/s1. The molecule has 5 heterocycles. The summed E-state index contributed by atoms with van der Waals surface area (Å²) in [5, 5.41) is 48.4. The van der Waals surface area contributed by atoms with E-state index >= 15 is 0 Å². The Balaban J connectivity index is 0.572. The molecule has 1 saturated carbocycles. The monoisotopic (exact) mass is 1790 g/mol. The highest BCUT2D eigenvalue weighted by atomic mass is 16.7. The number of aliphatic hydroxyl groups is 1. The molecular formula is C93H127N7O28. The normalized spacial score (nSPS) is 21.2. The Bertz CT molecular complexity index is 4370. The van der Waals surface area contributed by atoms with E-state index in [0.717, 1.165) is 48.1 Å². The number of methoxy groups -OCH3 is 2. The van der Waals surface area contributed by atoms with E-state index in [-0.39, 0.29) is 128 Å². The molecule has 8 aliphatic rings. The van der Waals surface area contributed by atoms with Crippen molar-refractivity contribution in [2.24, 2.45) is 11.3 Å². The highest BCUT2D eigenvalue weighted by Crippen LogP contribution is 2.54. The highest BCUT2D eigenvalue weighted by molar-refractivity contribution is 6.31. The topological polar surface area (TPSA) is 412 Å². The molecular weight excluding hydrogens is 1660 g/mol. The summed E-state index contributed by atoms with van der Waals surface area (Å²) >= 11 is 0. The number of likely N-dealkylation sites (tertiary alicyclic amines) is 1. The Morgan fingerprint density at radius 3 is 1.75 bits per heavy atom. The molecule has 128 heavy (non-hydrogen) atoms. The van der Waals surface area contributed by atoms with E-state index in [1.54, 1.807) is 12.0 Å². The number of carbonyl (C=O) groups excluding carboxylic acids is 8. The van der Waals surface area contributed by atoms with Crippen molar-refractivity contribution >= 4 is 52.7 Å². The number of phenolic OH excluding ortho intramolecular Hbond substituents is 2. The Morgan fingerprint density at radius 2 is 1.14 bits per heavy atom. The fourth-order valence-corrected chi connectivity index (χ4v) is 17.6. The number of piperidine rings is 1. The van der Waals surface area contributed by atoms with Crippen molar-refractivity contribution in [1.29, 1.82) is 0 Å². The van der Waals surface area contributed by atoms with Crippen LogP contribution in [0.2, 0.25) is 0 Å². The van der Waals surface area contributed by atoms with Crippen LogP contribution in [0.25, 0.3) is 0 Å². The maximum absolute atomic E-state index is 14.7. The number of hydrogen-bond acceptors (Lipinski definition) is 29. The summed E-state index contributed by atoms with van der Waals surface area (Å²) in [6.07, 6.45) is 1.04. The molecule has 4 saturated heterocycles. The molecule has 6 amide bonds. The number of phenols is 2. The molecule has 35 nitrogen and oxygen atoms in total. The van der Waals surface area contributed by atoms with Crippen molar-refractivity contribution in [2.45, 2.75) is 152 Å². The lowest BCUT2D eigenvalue weighted by Gasteiger charge is -2.45. The summed E-state index contributed by atoms with van der Waals surface area (Å²) in [7, 11) is 2.96. The summed E-state index contributed by atoms with van der Waals surface area (Å²) in [6.45, 7) is 13.2. The molecule has 7 N–H and O–H groups in total. The molecule has 3 aliphatic carbocycles. The van der Waals surface area contributed by atoms with Crippen molar-refractivity contribution in [3.05, 3.63) is 117 Å². The molecule has 702 valence electrons. The Labute approximate surface area is 747 Å². The lowest BCUT2D eigenvalue weighted by atomic mass is 9.65. The van der Waals surface area contributed by atoms with E-state index in [2.05, 4.69) is 38.0 Å². The largest absolute Gasteiger partial charge is 0.507 e. The number of nitrogens with zero attached hydrogens (tertiary/aromatic N) is 3. The zero-order chi connectivity index (χ0) is 90.0. The van der Waals surface area contributed by atoms with Crippen LogP contribution in [0, 0.1) is 23.2 Å². The van der Waals surface area contributed by atoms with Crippen LogP contribution in [0.3, 0.4) is 0 Å². The number of hydrogen-bond donors (Lipinski definition) is 7. The molecule has 0 aromatic heterocycles. The second kappa shape index (κ2) is 50.6. The molecule has 8 atom stereocenters. The van der Waals surface area contributed by atoms with E-state index < -0.39 is 101 Å². The number of benzene rings is 4. The van der Waals surface area contributed by atoms with Crippen molar-refractivity contribution in [1.82, 2.24) is 31.1 Å². The second-order valence-electron chi connectivity index (χ2n) is 33.0. The highest BCUT2D eigenvalue weighted by Gasteiger charge is 2.54. The van der Waals surface area contributed by atoms with Gasteiger partial charge in [-0.2, -0.15) is 0 Å². The summed E-state index contributed by atoms with van der Waals surface area (Å²) in [4.78, 5) is 119. The number of carbonyl (C=O) groups is 8. The van der Waals surface area contributed by atoms with Gasteiger partial charge in [-0.1, -0.05) is 54.3 Å². The first-order valence-electron chi connectivity index (χ1n) is 45.0. The Morgan fingerprint density at radius 1 is 0.586 bits per heavy atom. The zero-order valence-electron chi connectivity index (χ0n) is 73.9. The number of para-hydroxylation sites is 1. The van der Waals surface area contributed by atoms with Gasteiger partial charge >= 0.3 is 0 Å². The van der Waals surface area contributed by atoms with Crippen LogP contribution in [-0.2, 0) is 118 Å². The third-order valence-electron chi connectivity index (χ3n) is 24.6. The predicted molar refractivity (Wildman–Crippen MR) is 461 cm³/mol. The summed E-state index contributed by atoms with van der Waals surface area (Å²) in [5.41, 5.74) is -0.668. The number of aromatic hydroxyl groups is 2. The van der Waals surface area contributed by atoms with Crippen molar-refractivity contribution in [3.8, 4) is 29.1 Å². The Hall–Kier alpha value is -8.72. The van der Waals surface area contributed by atoms with Crippen LogP contribution in [-0.4, -0.2) is 333 Å². The first-order valence-corrected chi connectivity index (χ1v) is 45.0. The van der Waals surface area contributed by atoms with E-state index in [1.165, 1.54) is 25.3 Å². The molecule has 4 aromatic carbocycles. The third kappa shape index (κ3) is 27.2. The molecule has 12 rings (SSSR count). The maximum atomic E-state index is 14.7. The number of fused-ring (bicyclic) bond motifs is 8. The number of morpholine rings is 1. The average molecular weight is 1790 g/mol. The minimum Gasteiger partial charge on any atom is -0.507 e. The number of anilines is 1. The molecule has 0 bridgehead atoms. The predicted octanol–water partition coefficient (Wildman–Crippen LogP) is 4.54. The van der Waals surface area contributed by atoms with Crippen LogP contribution >= 0.6 is 0 Å². The molecule has 35 heteroatoms. The van der Waals surface area contributed by atoms with Gasteiger partial charge < -0.3 is 127 Å². The fourth-order valence-electron chi connectivity index (χ4n) is 17.6. The SMILES string of the molecule is COCCOCCOCCOCCOCCOCCOCCOCCOCCOCCOCCOCCC(=O)NC[C@H](NC(=O)C1CCC2(CC1)CCN(C(=O)CCCCC(=O)N1Cc3ccccc3C#Cc3ccccc31)CC2)C(=O)NCCNC(=O)[C@]1(O)Cc2c(O)c3c(c(O)c2[C@@H](O[C@H]2C[C@H]4[C@H](O[C@@H]5COCCN54)[C@H](C)O2)C1)C(=O)c1c(OC)cccc1C3=O. The van der Waals surface area contributed by atoms with Gasteiger partial charge in [0.15, 0.2) is 12.1 Å². The number of amides is 6. The number of ketones is 2. The summed E-state index contributed by atoms with van der Waals surface area (Å²) in [6, 6.07) is 18.4. The van der Waals surface area contributed by atoms with Gasteiger partial charge in [0.25, 0.3) is 5.91 Å². The smallest absolute Gasteiger partial charge is 0.252 e. The Kier molecular flexibility index (Phi) is 38.9. The second-order valence-corrected chi connectivity index (χ2v) is 33.0. The molecule has 5 fully saturated rings. The van der Waals surface area contributed by atoms with Gasteiger partial charge in [0.05, 0.1) is 213 Å². The van der Waals surface area contributed by atoms with Crippen molar-refractivity contribution in [2.75, 3.05) is 224 Å². The van der Waals surface area contributed by atoms with Gasteiger partial charge in [0.1, 0.15) is 41.2 Å². The van der Waals surface area contributed by atoms with Crippen molar-refractivity contribution < 1.29 is 134 Å². The van der Waals surface area contributed by atoms with E-state index in [9.17, 15) is 53.7 Å². The molecule has 5 aliphatic heterocycles. The minimum absolute atomic E-state index is 0.0216. The fraction of sp³-hybridized carbons (Fsp3) is 0.634. The van der Waals surface area contributed by atoms with Gasteiger partial charge in [0.2, 0.25) is 35.3 Å². The first kappa shape index (κ1) is 98.3. The minimum atomic E-state index is -2.42. The van der Waals surface area contributed by atoms with Gasteiger partial charge in [0, 0.05) is 125 Å². The number of nitrogens with one attached hydrogen (secondary N) is 4. The van der Waals surface area contributed by atoms with Crippen LogP contribution in [0.15, 0.2) is 66.7 Å². The van der Waals surface area contributed by atoms with Crippen LogP contribution in [0.5, 0.6) is 17.2 Å². The van der Waals surface area contributed by atoms with Crippen LogP contribution < -0.4 is 30.9 Å².